The summed E-state index contributed by atoms with van der Waals surface area (Å²) in [5.74, 6) is 0. The summed E-state index contributed by atoms with van der Waals surface area (Å²) in [5.41, 5.74) is 2.22. The van der Waals surface area contributed by atoms with Crippen molar-refractivity contribution in [2.24, 2.45) is 0 Å². The van der Waals surface area contributed by atoms with E-state index in [2.05, 4.69) is 9.88 Å². The highest BCUT2D eigenvalue weighted by molar-refractivity contribution is 5.85. The third kappa shape index (κ3) is 3.54. The molecule has 1 N–H and O–H groups in total. The van der Waals surface area contributed by atoms with E-state index in [-0.39, 0.29) is 23.0 Å². The third-order valence-corrected chi connectivity index (χ3v) is 4.05. The van der Waals surface area contributed by atoms with Gasteiger partial charge in [0.2, 0.25) is 0 Å². The van der Waals surface area contributed by atoms with Crippen molar-refractivity contribution in [3.63, 3.8) is 0 Å². The van der Waals surface area contributed by atoms with Crippen LogP contribution in [0.1, 0.15) is 31.2 Å². The zero-order valence-corrected chi connectivity index (χ0v) is 12.7. The Labute approximate surface area is 129 Å². The van der Waals surface area contributed by atoms with Gasteiger partial charge in [0, 0.05) is 30.3 Å². The monoisotopic (exact) mass is 309 g/mol. The lowest BCUT2D eigenvalue weighted by Crippen LogP contribution is -2.23. The number of nitrogens with zero attached hydrogens (tertiary/aromatic N) is 2. The number of fused-ring (bicyclic) bond motifs is 1. The number of halogens is 1. The molecule has 0 spiro atoms. The molecule has 3 rings (SSSR count). The fraction of sp³-hybridized carbons (Fsp3) is 0.467. The van der Waals surface area contributed by atoms with Crippen LogP contribution in [-0.2, 0) is 6.54 Å². The highest BCUT2D eigenvalue weighted by atomic mass is 35.5. The van der Waals surface area contributed by atoms with Crippen molar-refractivity contribution in [3.8, 4) is 0 Å². The molecule has 1 fully saturated rings. The number of hydrogen-bond donors (Lipinski definition) is 1. The second-order valence-corrected chi connectivity index (χ2v) is 5.49. The standard InChI is InChI=1S/C15H19N3O2.ClH/c19-18(20)13-5-6-14-12(10-16-15(14)9-13)11-17-7-3-1-2-4-8-17;/h5-6,9-10,16H,1-4,7-8,11H2;1H. The predicted molar refractivity (Wildman–Crippen MR) is 85.9 cm³/mol. The van der Waals surface area contributed by atoms with Crippen LogP contribution in [0.5, 0.6) is 0 Å². The number of benzene rings is 1. The fourth-order valence-electron chi connectivity index (χ4n) is 2.95. The normalized spacial score (nSPS) is 16.4. The van der Waals surface area contributed by atoms with Crippen molar-refractivity contribution in [2.75, 3.05) is 13.1 Å². The molecule has 21 heavy (non-hydrogen) atoms. The summed E-state index contributed by atoms with van der Waals surface area (Å²) in [6.07, 6.45) is 7.19. The average Bonchev–Trinajstić information content (AvgIpc) is 2.66. The molecule has 0 atom stereocenters. The molecule has 0 saturated carbocycles. The summed E-state index contributed by atoms with van der Waals surface area (Å²) in [5, 5.41) is 11.9. The molecule has 0 bridgehead atoms. The Morgan fingerprint density at radius 3 is 2.57 bits per heavy atom. The van der Waals surface area contributed by atoms with Crippen LogP contribution in [0.25, 0.3) is 10.9 Å². The first kappa shape index (κ1) is 15.8. The Morgan fingerprint density at radius 2 is 1.90 bits per heavy atom. The molecule has 0 unspecified atom stereocenters. The molecule has 1 saturated heterocycles. The van der Waals surface area contributed by atoms with Crippen LogP contribution in [0.15, 0.2) is 24.4 Å². The third-order valence-electron chi connectivity index (χ3n) is 4.05. The minimum absolute atomic E-state index is 0. The zero-order valence-electron chi connectivity index (χ0n) is 11.9. The topological polar surface area (TPSA) is 62.2 Å². The van der Waals surface area contributed by atoms with Crippen LogP contribution in [-0.4, -0.2) is 27.9 Å². The lowest BCUT2D eigenvalue weighted by Gasteiger charge is -2.19. The summed E-state index contributed by atoms with van der Waals surface area (Å²) in [6.45, 7) is 3.23. The maximum Gasteiger partial charge on any atom is 0.271 e. The first-order valence-electron chi connectivity index (χ1n) is 7.21. The van der Waals surface area contributed by atoms with Gasteiger partial charge in [0.1, 0.15) is 0 Å². The number of nitro benzene ring substituents is 1. The highest BCUT2D eigenvalue weighted by Gasteiger charge is 2.14. The van der Waals surface area contributed by atoms with Gasteiger partial charge in [0.05, 0.1) is 10.4 Å². The number of likely N-dealkylation sites (tertiary alicyclic amines) is 1. The molecular formula is C15H20ClN3O2. The fourth-order valence-corrected chi connectivity index (χ4v) is 2.95. The summed E-state index contributed by atoms with van der Waals surface area (Å²) < 4.78 is 0. The Balaban J connectivity index is 0.00000161. The molecule has 1 aromatic carbocycles. The maximum atomic E-state index is 10.8. The van der Waals surface area contributed by atoms with Gasteiger partial charge in [0.15, 0.2) is 0 Å². The van der Waals surface area contributed by atoms with Crippen molar-refractivity contribution in [2.45, 2.75) is 32.2 Å². The molecule has 2 heterocycles. The molecule has 5 nitrogen and oxygen atoms in total. The van der Waals surface area contributed by atoms with Gasteiger partial charge < -0.3 is 4.98 Å². The summed E-state index contributed by atoms with van der Waals surface area (Å²) in [7, 11) is 0. The van der Waals surface area contributed by atoms with E-state index < -0.39 is 0 Å². The first-order chi connectivity index (χ1) is 9.74. The maximum absolute atomic E-state index is 10.8. The number of nitro groups is 1. The molecule has 1 aromatic heterocycles. The number of rotatable bonds is 3. The van der Waals surface area contributed by atoms with E-state index >= 15 is 0 Å². The van der Waals surface area contributed by atoms with Crippen LogP contribution in [0.4, 0.5) is 5.69 Å². The van der Waals surface area contributed by atoms with Crippen LogP contribution in [0.2, 0.25) is 0 Å². The first-order valence-corrected chi connectivity index (χ1v) is 7.21. The van der Waals surface area contributed by atoms with E-state index in [9.17, 15) is 10.1 Å². The molecule has 0 amide bonds. The molecule has 2 aromatic rings. The molecule has 114 valence electrons. The van der Waals surface area contributed by atoms with Gasteiger partial charge in [-0.05, 0) is 37.6 Å². The number of nitrogens with one attached hydrogen (secondary N) is 1. The lowest BCUT2D eigenvalue weighted by molar-refractivity contribution is -0.384. The van der Waals surface area contributed by atoms with Crippen molar-refractivity contribution in [1.29, 1.82) is 0 Å². The van der Waals surface area contributed by atoms with Gasteiger partial charge in [0.25, 0.3) is 5.69 Å². The van der Waals surface area contributed by atoms with Crippen molar-refractivity contribution in [1.82, 2.24) is 9.88 Å². The van der Waals surface area contributed by atoms with E-state index in [0.717, 1.165) is 30.5 Å². The smallest absolute Gasteiger partial charge is 0.271 e. The largest absolute Gasteiger partial charge is 0.361 e. The van der Waals surface area contributed by atoms with Gasteiger partial charge in [-0.15, -0.1) is 12.4 Å². The molecule has 6 heteroatoms. The molecule has 1 aliphatic rings. The minimum Gasteiger partial charge on any atom is -0.361 e. The van der Waals surface area contributed by atoms with Gasteiger partial charge >= 0.3 is 0 Å². The van der Waals surface area contributed by atoms with E-state index in [1.54, 1.807) is 12.1 Å². The van der Waals surface area contributed by atoms with E-state index in [0.29, 0.717) is 0 Å². The second-order valence-electron chi connectivity index (χ2n) is 5.49. The van der Waals surface area contributed by atoms with Crippen LogP contribution < -0.4 is 0 Å². The Bertz CT molecular complexity index is 618. The summed E-state index contributed by atoms with van der Waals surface area (Å²) in [6, 6.07) is 5.06. The summed E-state index contributed by atoms with van der Waals surface area (Å²) >= 11 is 0. The highest BCUT2D eigenvalue weighted by Crippen LogP contribution is 2.25. The number of H-pyrrole nitrogens is 1. The van der Waals surface area contributed by atoms with Gasteiger partial charge in [-0.2, -0.15) is 0 Å². The molecule has 0 aliphatic carbocycles. The number of non-ortho nitro benzene ring substituents is 1. The number of aromatic nitrogens is 1. The Morgan fingerprint density at radius 1 is 1.19 bits per heavy atom. The van der Waals surface area contributed by atoms with Crippen molar-refractivity contribution >= 4 is 29.0 Å². The zero-order chi connectivity index (χ0) is 13.9. The van der Waals surface area contributed by atoms with E-state index in [1.807, 2.05) is 12.3 Å². The van der Waals surface area contributed by atoms with Crippen LogP contribution in [0.3, 0.4) is 0 Å². The van der Waals surface area contributed by atoms with Crippen molar-refractivity contribution < 1.29 is 4.92 Å². The summed E-state index contributed by atoms with van der Waals surface area (Å²) in [4.78, 5) is 16.1. The van der Waals surface area contributed by atoms with Crippen molar-refractivity contribution in [3.05, 3.63) is 40.1 Å². The van der Waals surface area contributed by atoms with Crippen LogP contribution in [0, 0.1) is 10.1 Å². The number of aromatic amines is 1. The Hall–Kier alpha value is -1.59. The van der Waals surface area contributed by atoms with E-state index in [1.165, 1.54) is 31.2 Å². The van der Waals surface area contributed by atoms with Crippen LogP contribution >= 0.6 is 12.4 Å². The van der Waals surface area contributed by atoms with Gasteiger partial charge in [-0.3, -0.25) is 15.0 Å². The molecule has 0 radical (unpaired) electrons. The minimum atomic E-state index is -0.352. The molecular weight excluding hydrogens is 290 g/mol. The number of hydrogen-bond acceptors (Lipinski definition) is 3. The Kier molecular flexibility index (Phi) is 5.20. The second kappa shape index (κ2) is 6.91. The predicted octanol–water partition coefficient (Wildman–Crippen LogP) is 3.87. The lowest BCUT2D eigenvalue weighted by atomic mass is 10.1. The molecule has 1 aliphatic heterocycles. The quantitative estimate of drug-likeness (QED) is 0.691. The van der Waals surface area contributed by atoms with Gasteiger partial charge in [-0.25, -0.2) is 0 Å². The van der Waals surface area contributed by atoms with E-state index in [4.69, 9.17) is 0 Å². The van der Waals surface area contributed by atoms with Gasteiger partial charge in [-0.1, -0.05) is 12.8 Å². The SMILES string of the molecule is Cl.O=[N+]([O-])c1ccc2c(CN3CCCCCC3)c[nH]c2c1. The average molecular weight is 310 g/mol.